The molecular weight excluding hydrogens is 260 g/mol. The smallest absolute Gasteiger partial charge is 0.266 e. The third kappa shape index (κ3) is 1.51. The summed E-state index contributed by atoms with van der Waals surface area (Å²) < 4.78 is 0. The van der Waals surface area contributed by atoms with Gasteiger partial charge in [0.15, 0.2) is 0 Å². The van der Waals surface area contributed by atoms with E-state index in [9.17, 15) is 9.59 Å². The van der Waals surface area contributed by atoms with E-state index in [1.807, 2.05) is 0 Å². The van der Waals surface area contributed by atoms with Gasteiger partial charge in [-0.15, -0.1) is 11.3 Å². The highest BCUT2D eigenvalue weighted by molar-refractivity contribution is 7.15. The molecule has 92 valence electrons. The van der Waals surface area contributed by atoms with E-state index >= 15 is 0 Å². The van der Waals surface area contributed by atoms with Crippen LogP contribution < -0.4 is 4.90 Å². The second kappa shape index (κ2) is 4.04. The number of nitriles is 1. The van der Waals surface area contributed by atoms with E-state index in [1.165, 1.54) is 11.3 Å². The molecule has 0 aliphatic carbocycles. The summed E-state index contributed by atoms with van der Waals surface area (Å²) in [4.78, 5) is 25.7. The Morgan fingerprint density at radius 3 is 2.26 bits per heavy atom. The molecule has 0 spiro atoms. The summed E-state index contributed by atoms with van der Waals surface area (Å²) in [7, 11) is 0. The van der Waals surface area contributed by atoms with Crippen molar-refractivity contribution in [2.24, 2.45) is 0 Å². The van der Waals surface area contributed by atoms with Gasteiger partial charge in [0, 0.05) is 0 Å². The molecule has 0 saturated carbocycles. The lowest BCUT2D eigenvalue weighted by Crippen LogP contribution is -2.29. The Kier molecular flexibility index (Phi) is 2.47. The van der Waals surface area contributed by atoms with E-state index in [-0.39, 0.29) is 11.8 Å². The first-order valence-electron chi connectivity index (χ1n) is 5.61. The number of aryl methyl sites for hydroxylation is 1. The Morgan fingerprint density at radius 1 is 1.16 bits per heavy atom. The van der Waals surface area contributed by atoms with Gasteiger partial charge in [-0.1, -0.05) is 12.1 Å². The first-order chi connectivity index (χ1) is 9.15. The van der Waals surface area contributed by atoms with E-state index in [0.29, 0.717) is 21.7 Å². The minimum atomic E-state index is -0.362. The Labute approximate surface area is 113 Å². The Morgan fingerprint density at radius 2 is 1.74 bits per heavy atom. The quantitative estimate of drug-likeness (QED) is 0.747. The van der Waals surface area contributed by atoms with E-state index in [1.54, 1.807) is 36.6 Å². The maximum Gasteiger partial charge on any atom is 0.266 e. The normalized spacial score (nSPS) is 13.6. The van der Waals surface area contributed by atoms with Gasteiger partial charge in [-0.25, -0.2) is 4.90 Å². The zero-order chi connectivity index (χ0) is 13.6. The predicted molar refractivity (Wildman–Crippen MR) is 71.4 cm³/mol. The molecule has 2 aromatic rings. The van der Waals surface area contributed by atoms with Gasteiger partial charge in [-0.05, 0) is 30.0 Å². The summed E-state index contributed by atoms with van der Waals surface area (Å²) >= 11 is 1.24. The number of rotatable bonds is 1. The lowest BCUT2D eigenvalue weighted by Gasteiger charge is -2.11. The van der Waals surface area contributed by atoms with Crippen molar-refractivity contribution in [2.45, 2.75) is 6.92 Å². The predicted octanol–water partition coefficient (Wildman–Crippen LogP) is 2.73. The minimum absolute atomic E-state index is 0.362. The summed E-state index contributed by atoms with van der Waals surface area (Å²) in [6.07, 6.45) is 0. The Hall–Kier alpha value is -2.45. The van der Waals surface area contributed by atoms with Crippen molar-refractivity contribution in [3.8, 4) is 6.07 Å². The Bertz CT molecular complexity index is 720. The van der Waals surface area contributed by atoms with Gasteiger partial charge in [0.1, 0.15) is 11.1 Å². The number of thiophene rings is 1. The summed E-state index contributed by atoms with van der Waals surface area (Å²) in [5.74, 6) is -0.724. The fourth-order valence-corrected chi connectivity index (χ4v) is 3.11. The number of amides is 2. The van der Waals surface area contributed by atoms with E-state index in [4.69, 9.17) is 5.26 Å². The molecule has 3 rings (SSSR count). The number of hydrogen-bond acceptors (Lipinski definition) is 4. The largest absolute Gasteiger partial charge is 0.268 e. The van der Waals surface area contributed by atoms with Crippen molar-refractivity contribution >= 4 is 28.2 Å². The molecule has 2 heterocycles. The number of imide groups is 1. The van der Waals surface area contributed by atoms with Gasteiger partial charge >= 0.3 is 0 Å². The third-order valence-corrected chi connectivity index (χ3v) is 4.15. The van der Waals surface area contributed by atoms with Crippen LogP contribution in [0.3, 0.4) is 0 Å². The highest BCUT2D eigenvalue weighted by atomic mass is 32.1. The molecule has 1 aliphatic heterocycles. The molecule has 5 heteroatoms. The lowest BCUT2D eigenvalue weighted by atomic mass is 10.1. The molecule has 0 unspecified atom stereocenters. The van der Waals surface area contributed by atoms with Crippen molar-refractivity contribution < 1.29 is 9.59 Å². The van der Waals surface area contributed by atoms with Gasteiger partial charge in [0.25, 0.3) is 11.8 Å². The molecule has 0 saturated heterocycles. The minimum Gasteiger partial charge on any atom is -0.268 e. The lowest BCUT2D eigenvalue weighted by molar-refractivity contribution is 0.0927. The van der Waals surface area contributed by atoms with Crippen molar-refractivity contribution in [3.05, 3.63) is 51.9 Å². The first kappa shape index (κ1) is 11.6. The molecule has 4 nitrogen and oxygen atoms in total. The van der Waals surface area contributed by atoms with Gasteiger partial charge in [0.05, 0.1) is 16.7 Å². The van der Waals surface area contributed by atoms with E-state index in [0.717, 1.165) is 10.5 Å². The zero-order valence-corrected chi connectivity index (χ0v) is 10.8. The molecule has 19 heavy (non-hydrogen) atoms. The number of benzene rings is 1. The average Bonchev–Trinajstić information content (AvgIpc) is 2.90. The van der Waals surface area contributed by atoms with Crippen LogP contribution in [0.15, 0.2) is 29.6 Å². The number of hydrogen-bond donors (Lipinski definition) is 0. The average molecular weight is 268 g/mol. The van der Waals surface area contributed by atoms with Gasteiger partial charge < -0.3 is 0 Å². The molecule has 2 amide bonds. The fraction of sp³-hybridized carbons (Fsp3) is 0.0714. The molecule has 1 aromatic heterocycles. The highest BCUT2D eigenvalue weighted by Gasteiger charge is 2.38. The molecule has 1 aliphatic rings. The van der Waals surface area contributed by atoms with E-state index < -0.39 is 0 Å². The third-order valence-electron chi connectivity index (χ3n) is 3.06. The zero-order valence-electron chi connectivity index (χ0n) is 10.0. The topological polar surface area (TPSA) is 61.2 Å². The maximum absolute atomic E-state index is 12.3. The van der Waals surface area contributed by atoms with Crippen LogP contribution in [0.4, 0.5) is 5.00 Å². The number of carbonyl (C=O) groups is 2. The summed E-state index contributed by atoms with van der Waals surface area (Å²) in [6.45, 7) is 1.79. The maximum atomic E-state index is 12.3. The molecule has 0 N–H and O–H groups in total. The SMILES string of the molecule is Cc1csc(N2C(=O)c3ccccc3C2=O)c1C#N. The summed E-state index contributed by atoms with van der Waals surface area (Å²) in [5, 5.41) is 11.3. The van der Waals surface area contributed by atoms with Crippen LogP contribution in [0.2, 0.25) is 0 Å². The molecule has 0 atom stereocenters. The van der Waals surface area contributed by atoms with Crippen LogP contribution >= 0.6 is 11.3 Å². The molecule has 0 bridgehead atoms. The molecule has 0 fully saturated rings. The molecule has 0 radical (unpaired) electrons. The van der Waals surface area contributed by atoms with Crippen LogP contribution in [0, 0.1) is 18.3 Å². The summed E-state index contributed by atoms with van der Waals surface area (Å²) in [5.41, 5.74) is 1.95. The molecular formula is C14H8N2O2S. The second-order valence-electron chi connectivity index (χ2n) is 4.20. The second-order valence-corrected chi connectivity index (χ2v) is 5.06. The van der Waals surface area contributed by atoms with Crippen LogP contribution in [0.25, 0.3) is 0 Å². The van der Waals surface area contributed by atoms with E-state index in [2.05, 4.69) is 6.07 Å². The number of nitrogens with zero attached hydrogens (tertiary/aromatic N) is 2. The monoisotopic (exact) mass is 268 g/mol. The number of carbonyl (C=O) groups excluding carboxylic acids is 2. The van der Waals surface area contributed by atoms with Crippen LogP contribution in [-0.4, -0.2) is 11.8 Å². The van der Waals surface area contributed by atoms with Crippen LogP contribution in [-0.2, 0) is 0 Å². The van der Waals surface area contributed by atoms with Crippen molar-refractivity contribution in [1.29, 1.82) is 5.26 Å². The summed E-state index contributed by atoms with van der Waals surface area (Å²) in [6, 6.07) is 8.75. The Balaban J connectivity index is 2.17. The molecule has 1 aromatic carbocycles. The number of fused-ring (bicyclic) bond motifs is 1. The first-order valence-corrected chi connectivity index (χ1v) is 6.49. The van der Waals surface area contributed by atoms with Gasteiger partial charge in [-0.2, -0.15) is 5.26 Å². The van der Waals surface area contributed by atoms with Crippen molar-refractivity contribution in [1.82, 2.24) is 0 Å². The highest BCUT2D eigenvalue weighted by Crippen LogP contribution is 2.36. The van der Waals surface area contributed by atoms with Gasteiger partial charge in [0.2, 0.25) is 0 Å². The van der Waals surface area contributed by atoms with Crippen molar-refractivity contribution in [3.63, 3.8) is 0 Å². The van der Waals surface area contributed by atoms with Crippen LogP contribution in [0.5, 0.6) is 0 Å². The number of anilines is 1. The standard InChI is InChI=1S/C14H8N2O2S/c1-8-7-19-14(11(8)6-15)16-12(17)9-4-2-3-5-10(9)13(16)18/h2-5,7H,1H3. The fourth-order valence-electron chi connectivity index (χ4n) is 2.10. The van der Waals surface area contributed by atoms with Crippen LogP contribution in [0.1, 0.15) is 31.8 Å². The van der Waals surface area contributed by atoms with Gasteiger partial charge in [-0.3, -0.25) is 9.59 Å². The van der Waals surface area contributed by atoms with Crippen molar-refractivity contribution in [2.75, 3.05) is 4.90 Å².